The Morgan fingerprint density at radius 3 is 2.83 bits per heavy atom. The molecule has 1 aliphatic heterocycles. The van der Waals surface area contributed by atoms with E-state index in [9.17, 15) is 14.9 Å². The highest BCUT2D eigenvalue weighted by Crippen LogP contribution is 2.30. The van der Waals surface area contributed by atoms with Gasteiger partial charge in [-0.25, -0.2) is 4.98 Å². The van der Waals surface area contributed by atoms with Crippen LogP contribution < -0.4 is 5.32 Å². The average Bonchev–Trinajstić information content (AvgIpc) is 3.10. The monoisotopic (exact) mass is 428 g/mol. The topological polar surface area (TPSA) is 88.4 Å². The van der Waals surface area contributed by atoms with E-state index in [1.165, 1.54) is 35.1 Å². The van der Waals surface area contributed by atoms with E-state index < -0.39 is 10.8 Å². The van der Waals surface area contributed by atoms with E-state index >= 15 is 0 Å². The fraction of sp³-hybridized carbons (Fsp3) is 0.200. The maximum Gasteiger partial charge on any atom is 0.288 e. The number of rotatable bonds is 5. The zero-order chi connectivity index (χ0) is 20.4. The molecular weight excluding hydrogens is 412 g/mol. The molecule has 1 N–H and O–H groups in total. The van der Waals surface area contributed by atoms with Gasteiger partial charge in [0.15, 0.2) is 5.13 Å². The van der Waals surface area contributed by atoms with Crippen molar-refractivity contribution in [2.24, 2.45) is 0 Å². The van der Waals surface area contributed by atoms with E-state index in [4.69, 9.17) is 11.6 Å². The van der Waals surface area contributed by atoms with Crippen LogP contribution in [0.25, 0.3) is 0 Å². The van der Waals surface area contributed by atoms with Crippen molar-refractivity contribution in [2.75, 3.05) is 11.9 Å². The van der Waals surface area contributed by atoms with Gasteiger partial charge in [0.25, 0.3) is 11.6 Å². The molecule has 2 heterocycles. The smallest absolute Gasteiger partial charge is 0.288 e. The van der Waals surface area contributed by atoms with E-state index in [2.05, 4.69) is 27.3 Å². The van der Waals surface area contributed by atoms with Gasteiger partial charge in [-0.05, 0) is 17.7 Å². The number of nitro benzene ring substituents is 1. The van der Waals surface area contributed by atoms with Crippen LogP contribution in [-0.2, 0) is 19.5 Å². The minimum atomic E-state index is -0.609. The third-order valence-electron chi connectivity index (χ3n) is 4.68. The Hall–Kier alpha value is -2.81. The van der Waals surface area contributed by atoms with Crippen molar-refractivity contribution < 1.29 is 9.72 Å². The zero-order valence-electron chi connectivity index (χ0n) is 15.3. The van der Waals surface area contributed by atoms with E-state index in [0.29, 0.717) is 5.13 Å². The van der Waals surface area contributed by atoms with Crippen LogP contribution in [0.3, 0.4) is 0 Å². The van der Waals surface area contributed by atoms with E-state index in [-0.39, 0.29) is 16.3 Å². The van der Waals surface area contributed by atoms with Crippen molar-refractivity contribution in [3.05, 3.63) is 85.4 Å². The molecule has 0 bridgehead atoms. The van der Waals surface area contributed by atoms with Crippen molar-refractivity contribution in [3.8, 4) is 0 Å². The molecule has 0 saturated heterocycles. The molecule has 0 aliphatic carbocycles. The summed E-state index contributed by atoms with van der Waals surface area (Å²) in [5.74, 6) is -0.447. The van der Waals surface area contributed by atoms with Gasteiger partial charge in [0.2, 0.25) is 0 Å². The maximum atomic E-state index is 12.5. The second kappa shape index (κ2) is 8.28. The predicted molar refractivity (Wildman–Crippen MR) is 112 cm³/mol. The molecule has 148 valence electrons. The lowest BCUT2D eigenvalue weighted by atomic mass is 10.1. The predicted octanol–water partition coefficient (Wildman–Crippen LogP) is 4.52. The number of carbonyl (C=O) groups excluding carboxylic acids is 1. The van der Waals surface area contributed by atoms with Crippen LogP contribution in [0.5, 0.6) is 0 Å². The number of nitro groups is 1. The number of hydrogen-bond donors (Lipinski definition) is 1. The van der Waals surface area contributed by atoms with Gasteiger partial charge in [0.05, 0.1) is 10.6 Å². The van der Waals surface area contributed by atoms with Crippen LogP contribution in [0.1, 0.15) is 26.5 Å². The van der Waals surface area contributed by atoms with Crippen molar-refractivity contribution in [2.45, 2.75) is 19.5 Å². The molecule has 1 aromatic heterocycles. The first-order valence-electron chi connectivity index (χ1n) is 9.00. The number of nitrogens with zero attached hydrogens (tertiary/aromatic N) is 3. The fourth-order valence-corrected chi connectivity index (χ4v) is 4.47. The van der Waals surface area contributed by atoms with Crippen molar-refractivity contribution in [1.82, 2.24) is 9.88 Å². The molecule has 1 amide bonds. The lowest BCUT2D eigenvalue weighted by Gasteiger charge is -2.25. The van der Waals surface area contributed by atoms with Gasteiger partial charge in [-0.3, -0.25) is 25.1 Å². The first kappa shape index (κ1) is 19.5. The van der Waals surface area contributed by atoms with Crippen LogP contribution in [-0.4, -0.2) is 27.3 Å². The highest BCUT2D eigenvalue weighted by atomic mass is 35.5. The molecule has 2 aromatic carbocycles. The van der Waals surface area contributed by atoms with Crippen LogP contribution in [0.2, 0.25) is 5.02 Å². The van der Waals surface area contributed by atoms with Gasteiger partial charge in [0, 0.05) is 42.6 Å². The summed E-state index contributed by atoms with van der Waals surface area (Å²) in [5, 5.41) is 14.3. The van der Waals surface area contributed by atoms with Gasteiger partial charge in [0.1, 0.15) is 5.02 Å². The van der Waals surface area contributed by atoms with Gasteiger partial charge < -0.3 is 0 Å². The number of hydrogen-bond acceptors (Lipinski definition) is 6. The van der Waals surface area contributed by atoms with E-state index in [0.717, 1.165) is 36.6 Å². The highest BCUT2D eigenvalue weighted by Gasteiger charge is 2.22. The molecule has 0 saturated carbocycles. The van der Waals surface area contributed by atoms with Gasteiger partial charge in [-0.1, -0.05) is 41.9 Å². The minimum Gasteiger partial charge on any atom is -0.298 e. The third-order valence-corrected chi connectivity index (χ3v) is 6.00. The second-order valence-electron chi connectivity index (χ2n) is 6.71. The normalized spacial score (nSPS) is 13.7. The summed E-state index contributed by atoms with van der Waals surface area (Å²) in [7, 11) is 0. The molecule has 0 radical (unpaired) electrons. The van der Waals surface area contributed by atoms with Crippen LogP contribution in [0.15, 0.2) is 48.5 Å². The molecule has 0 unspecified atom stereocenters. The molecule has 0 spiro atoms. The molecule has 7 nitrogen and oxygen atoms in total. The summed E-state index contributed by atoms with van der Waals surface area (Å²) >= 11 is 7.25. The first-order valence-corrected chi connectivity index (χ1v) is 10.2. The van der Waals surface area contributed by atoms with Gasteiger partial charge >= 0.3 is 0 Å². The SMILES string of the molecule is O=C(Nc1nc2c(s1)CN(Cc1ccccc1)CC2)c1ccc(Cl)c([N+](=O)[O-])c1. The Morgan fingerprint density at radius 2 is 2.07 bits per heavy atom. The molecule has 0 atom stereocenters. The molecule has 9 heteroatoms. The lowest BCUT2D eigenvalue weighted by molar-refractivity contribution is -0.384. The number of carbonyl (C=O) groups is 1. The zero-order valence-corrected chi connectivity index (χ0v) is 16.9. The summed E-state index contributed by atoms with van der Waals surface area (Å²) in [6.07, 6.45) is 0.820. The van der Waals surface area contributed by atoms with Crippen LogP contribution in [0, 0.1) is 10.1 Å². The maximum absolute atomic E-state index is 12.5. The highest BCUT2D eigenvalue weighted by molar-refractivity contribution is 7.15. The summed E-state index contributed by atoms with van der Waals surface area (Å²) in [5.41, 5.74) is 2.13. The number of nitrogens with one attached hydrogen (secondary N) is 1. The number of aromatic nitrogens is 1. The number of halogens is 1. The fourth-order valence-electron chi connectivity index (χ4n) is 3.24. The number of benzene rings is 2. The Kier molecular flexibility index (Phi) is 5.57. The van der Waals surface area contributed by atoms with Crippen LogP contribution >= 0.6 is 22.9 Å². The third kappa shape index (κ3) is 4.45. The molecule has 29 heavy (non-hydrogen) atoms. The first-order chi connectivity index (χ1) is 14.0. The Labute approximate surface area is 176 Å². The van der Waals surface area contributed by atoms with E-state index in [1.807, 2.05) is 18.2 Å². The summed E-state index contributed by atoms with van der Waals surface area (Å²) in [6, 6.07) is 14.3. The summed E-state index contributed by atoms with van der Waals surface area (Å²) in [6.45, 7) is 2.56. The summed E-state index contributed by atoms with van der Waals surface area (Å²) in [4.78, 5) is 30.9. The largest absolute Gasteiger partial charge is 0.298 e. The van der Waals surface area contributed by atoms with Crippen molar-refractivity contribution in [3.63, 3.8) is 0 Å². The molecule has 3 aromatic rings. The van der Waals surface area contributed by atoms with Crippen LogP contribution in [0.4, 0.5) is 10.8 Å². The number of amides is 1. The second-order valence-corrected chi connectivity index (χ2v) is 8.20. The number of fused-ring (bicyclic) bond motifs is 1. The average molecular weight is 429 g/mol. The molecule has 1 aliphatic rings. The standard InChI is InChI=1S/C20H17ClN4O3S/c21-15-7-6-14(10-17(15)25(27)28)19(26)23-20-22-16-8-9-24(12-18(16)29-20)11-13-4-2-1-3-5-13/h1-7,10H,8-9,11-12H2,(H,22,23,26). The Balaban J connectivity index is 1.45. The minimum absolute atomic E-state index is 0.00484. The lowest BCUT2D eigenvalue weighted by Crippen LogP contribution is -2.29. The Bertz CT molecular complexity index is 1070. The van der Waals surface area contributed by atoms with Gasteiger partial charge in [-0.2, -0.15) is 0 Å². The van der Waals surface area contributed by atoms with Crippen molar-refractivity contribution in [1.29, 1.82) is 0 Å². The quantitative estimate of drug-likeness (QED) is 0.477. The Morgan fingerprint density at radius 1 is 1.28 bits per heavy atom. The van der Waals surface area contributed by atoms with E-state index in [1.54, 1.807) is 0 Å². The van der Waals surface area contributed by atoms with Gasteiger partial charge in [-0.15, -0.1) is 11.3 Å². The summed E-state index contributed by atoms with van der Waals surface area (Å²) < 4.78 is 0. The number of thiazole rings is 1. The molecule has 0 fully saturated rings. The van der Waals surface area contributed by atoms with Crippen molar-refractivity contribution >= 4 is 39.7 Å². The molecule has 4 rings (SSSR count). The molecular formula is C20H17ClN4O3S. The number of anilines is 1.